The zero-order valence-corrected chi connectivity index (χ0v) is 11.7. The highest BCUT2D eigenvalue weighted by molar-refractivity contribution is 9.10. The van der Waals surface area contributed by atoms with Gasteiger partial charge >= 0.3 is 0 Å². The van der Waals surface area contributed by atoms with Crippen molar-refractivity contribution in [2.75, 3.05) is 0 Å². The SMILES string of the molecule is O=S(=O)(Cl)Cc1ccc(-n2nccc2Br)cc1. The van der Waals surface area contributed by atoms with Gasteiger partial charge in [-0.25, -0.2) is 13.1 Å². The van der Waals surface area contributed by atoms with Gasteiger partial charge in [0.1, 0.15) is 4.60 Å². The molecular weight excluding hydrogens is 328 g/mol. The van der Waals surface area contributed by atoms with Crippen LogP contribution in [-0.2, 0) is 14.8 Å². The Morgan fingerprint density at radius 3 is 2.35 bits per heavy atom. The number of benzene rings is 1. The van der Waals surface area contributed by atoms with Crippen molar-refractivity contribution >= 4 is 35.7 Å². The summed E-state index contributed by atoms with van der Waals surface area (Å²) < 4.78 is 24.3. The average Bonchev–Trinajstić information content (AvgIpc) is 2.63. The largest absolute Gasteiger partial charge is 0.236 e. The van der Waals surface area contributed by atoms with E-state index in [2.05, 4.69) is 21.0 Å². The molecular formula is C10H8BrClN2O2S. The van der Waals surface area contributed by atoms with Crippen molar-refractivity contribution in [2.45, 2.75) is 5.75 Å². The Labute approximate surface area is 112 Å². The molecule has 0 amide bonds. The summed E-state index contributed by atoms with van der Waals surface area (Å²) in [6.07, 6.45) is 1.67. The number of hydrogen-bond acceptors (Lipinski definition) is 3. The van der Waals surface area contributed by atoms with E-state index in [0.717, 1.165) is 10.3 Å². The fraction of sp³-hybridized carbons (Fsp3) is 0.100. The molecule has 0 unspecified atom stereocenters. The third-order valence-corrected chi connectivity index (χ3v) is 3.72. The minimum absolute atomic E-state index is 0.172. The number of rotatable bonds is 3. The van der Waals surface area contributed by atoms with Crippen LogP contribution in [0, 0.1) is 0 Å². The molecule has 2 aromatic rings. The summed E-state index contributed by atoms with van der Waals surface area (Å²) in [5, 5.41) is 4.12. The minimum Gasteiger partial charge on any atom is -0.227 e. The van der Waals surface area contributed by atoms with Crippen LogP contribution in [0.1, 0.15) is 5.56 Å². The number of aromatic nitrogens is 2. The third-order valence-electron chi connectivity index (χ3n) is 2.12. The first kappa shape index (κ1) is 12.6. The van der Waals surface area contributed by atoms with E-state index in [9.17, 15) is 8.42 Å². The van der Waals surface area contributed by atoms with E-state index < -0.39 is 9.05 Å². The maximum atomic E-state index is 10.9. The summed E-state index contributed by atoms with van der Waals surface area (Å²) in [6.45, 7) is 0. The van der Waals surface area contributed by atoms with Gasteiger partial charge in [0, 0.05) is 10.7 Å². The average molecular weight is 336 g/mol. The molecule has 0 radical (unpaired) electrons. The molecule has 0 aliphatic heterocycles. The van der Waals surface area contributed by atoms with Gasteiger partial charge in [0.15, 0.2) is 0 Å². The van der Waals surface area contributed by atoms with Gasteiger partial charge < -0.3 is 0 Å². The first-order chi connectivity index (χ1) is 7.96. The predicted octanol–water partition coefficient (Wildman–Crippen LogP) is 2.70. The molecule has 0 saturated carbocycles. The Morgan fingerprint density at radius 1 is 1.24 bits per heavy atom. The normalized spacial score (nSPS) is 11.6. The molecule has 0 spiro atoms. The van der Waals surface area contributed by atoms with E-state index in [-0.39, 0.29) is 5.75 Å². The standard InChI is InChI=1S/C10H8BrClN2O2S/c11-10-5-6-13-14(10)9-3-1-8(2-4-9)7-17(12,15)16/h1-6H,7H2. The van der Waals surface area contributed by atoms with Crippen LogP contribution in [0.4, 0.5) is 0 Å². The maximum Gasteiger partial charge on any atom is 0.236 e. The molecule has 0 N–H and O–H groups in total. The van der Waals surface area contributed by atoms with Gasteiger partial charge in [0.05, 0.1) is 17.6 Å². The van der Waals surface area contributed by atoms with Gasteiger partial charge in [-0.05, 0) is 39.7 Å². The second-order valence-corrected chi connectivity index (χ2v) is 7.00. The van der Waals surface area contributed by atoms with E-state index >= 15 is 0 Å². The Kier molecular flexibility index (Phi) is 3.56. The lowest BCUT2D eigenvalue weighted by Gasteiger charge is -2.04. The van der Waals surface area contributed by atoms with E-state index in [1.54, 1.807) is 35.1 Å². The summed E-state index contributed by atoms with van der Waals surface area (Å²) in [5.74, 6) is -0.172. The van der Waals surface area contributed by atoms with Gasteiger partial charge in [0.2, 0.25) is 9.05 Å². The Balaban J connectivity index is 2.28. The first-order valence-corrected chi connectivity index (χ1v) is 7.94. The molecule has 0 bridgehead atoms. The van der Waals surface area contributed by atoms with Crippen molar-refractivity contribution in [3.8, 4) is 5.69 Å². The minimum atomic E-state index is -3.51. The number of hydrogen-bond donors (Lipinski definition) is 0. The molecule has 2 rings (SSSR count). The summed E-state index contributed by atoms with van der Waals surface area (Å²) >= 11 is 3.35. The van der Waals surface area contributed by atoms with Crippen molar-refractivity contribution in [3.63, 3.8) is 0 Å². The number of nitrogens with zero attached hydrogens (tertiary/aromatic N) is 2. The highest BCUT2D eigenvalue weighted by Crippen LogP contribution is 2.17. The van der Waals surface area contributed by atoms with Crippen LogP contribution in [0.5, 0.6) is 0 Å². The van der Waals surface area contributed by atoms with Gasteiger partial charge in [-0.3, -0.25) is 0 Å². The van der Waals surface area contributed by atoms with Crippen molar-refractivity contribution in [1.82, 2.24) is 9.78 Å². The van der Waals surface area contributed by atoms with Crippen LogP contribution in [-0.4, -0.2) is 18.2 Å². The molecule has 0 aliphatic rings. The fourth-order valence-corrected chi connectivity index (χ4v) is 2.79. The summed E-state index contributed by atoms with van der Waals surface area (Å²) in [4.78, 5) is 0. The lowest BCUT2D eigenvalue weighted by atomic mass is 10.2. The zero-order valence-electron chi connectivity index (χ0n) is 8.55. The molecule has 0 aliphatic carbocycles. The third kappa shape index (κ3) is 3.31. The topological polar surface area (TPSA) is 52.0 Å². The van der Waals surface area contributed by atoms with Crippen LogP contribution >= 0.6 is 26.6 Å². The zero-order chi connectivity index (χ0) is 12.5. The first-order valence-electron chi connectivity index (χ1n) is 4.67. The molecule has 7 heteroatoms. The molecule has 1 aromatic carbocycles. The molecule has 0 atom stereocenters. The monoisotopic (exact) mass is 334 g/mol. The lowest BCUT2D eigenvalue weighted by molar-refractivity contribution is 0.609. The molecule has 17 heavy (non-hydrogen) atoms. The predicted molar refractivity (Wildman–Crippen MR) is 69.7 cm³/mol. The number of halogens is 2. The Morgan fingerprint density at radius 2 is 1.88 bits per heavy atom. The van der Waals surface area contributed by atoms with Crippen molar-refractivity contribution in [1.29, 1.82) is 0 Å². The van der Waals surface area contributed by atoms with E-state index in [0.29, 0.717) is 5.56 Å². The molecule has 0 fully saturated rings. The molecule has 0 saturated heterocycles. The second-order valence-electron chi connectivity index (χ2n) is 3.42. The summed E-state index contributed by atoms with van der Waals surface area (Å²) in [7, 11) is 1.67. The van der Waals surface area contributed by atoms with E-state index in [1.807, 2.05) is 6.07 Å². The molecule has 4 nitrogen and oxygen atoms in total. The molecule has 1 aromatic heterocycles. The van der Waals surface area contributed by atoms with Crippen molar-refractivity contribution in [2.24, 2.45) is 0 Å². The van der Waals surface area contributed by atoms with Crippen LogP contribution in [0.3, 0.4) is 0 Å². The highest BCUT2D eigenvalue weighted by atomic mass is 79.9. The van der Waals surface area contributed by atoms with Crippen molar-refractivity contribution in [3.05, 3.63) is 46.7 Å². The lowest BCUT2D eigenvalue weighted by Crippen LogP contribution is -1.98. The Bertz CT molecular complexity index is 622. The second kappa shape index (κ2) is 4.80. The quantitative estimate of drug-likeness (QED) is 0.810. The van der Waals surface area contributed by atoms with Gasteiger partial charge in [-0.1, -0.05) is 12.1 Å². The van der Waals surface area contributed by atoms with Gasteiger partial charge in [-0.2, -0.15) is 5.10 Å². The summed E-state index contributed by atoms with van der Waals surface area (Å²) in [5.41, 5.74) is 1.49. The van der Waals surface area contributed by atoms with Crippen molar-refractivity contribution < 1.29 is 8.42 Å². The van der Waals surface area contributed by atoms with Crippen LogP contribution < -0.4 is 0 Å². The maximum absolute atomic E-state index is 10.9. The summed E-state index contributed by atoms with van der Waals surface area (Å²) in [6, 6.07) is 8.81. The van der Waals surface area contributed by atoms with Crippen LogP contribution in [0.25, 0.3) is 5.69 Å². The van der Waals surface area contributed by atoms with Crippen LogP contribution in [0.15, 0.2) is 41.1 Å². The van der Waals surface area contributed by atoms with E-state index in [4.69, 9.17) is 10.7 Å². The molecule has 1 heterocycles. The Hall–Kier alpha value is -0.850. The van der Waals surface area contributed by atoms with Crippen LogP contribution in [0.2, 0.25) is 0 Å². The highest BCUT2D eigenvalue weighted by Gasteiger charge is 2.07. The van der Waals surface area contributed by atoms with Gasteiger partial charge in [-0.15, -0.1) is 0 Å². The van der Waals surface area contributed by atoms with E-state index in [1.165, 1.54) is 0 Å². The molecule has 90 valence electrons. The smallest absolute Gasteiger partial charge is 0.227 e. The fourth-order valence-electron chi connectivity index (χ4n) is 1.41. The van der Waals surface area contributed by atoms with Gasteiger partial charge in [0.25, 0.3) is 0 Å².